The van der Waals surface area contributed by atoms with Crippen molar-refractivity contribution in [3.63, 3.8) is 0 Å². The first-order chi connectivity index (χ1) is 38.9. The first-order valence-electron chi connectivity index (χ1n) is 33.4. The van der Waals surface area contributed by atoms with Crippen molar-refractivity contribution in [3.8, 4) is 0 Å². The number of carbonyl (C=O) groups is 2. The molecule has 80 heavy (non-hydrogen) atoms. The number of phosphoric acid groups is 1. The number of quaternary nitrogens is 1. The largest absolute Gasteiger partial charge is 0.756 e. The lowest BCUT2D eigenvalue weighted by atomic mass is 10.0. The maximum atomic E-state index is 13.6. The molecule has 0 aromatic rings. The highest BCUT2D eigenvalue weighted by atomic mass is 31.2. The monoisotopic (exact) mass is 1140 g/mol. The lowest BCUT2D eigenvalue weighted by Crippen LogP contribution is -2.47. The minimum Gasteiger partial charge on any atom is -0.756 e. The van der Waals surface area contributed by atoms with Crippen LogP contribution in [0.3, 0.4) is 0 Å². The van der Waals surface area contributed by atoms with Crippen LogP contribution in [0.4, 0.5) is 0 Å². The second-order valence-electron chi connectivity index (χ2n) is 23.6. The summed E-state index contributed by atoms with van der Waals surface area (Å²) < 4.78 is 30.4. The summed E-state index contributed by atoms with van der Waals surface area (Å²) in [5.74, 6) is -0.560. The number of amides is 1. The molecule has 0 bridgehead atoms. The van der Waals surface area contributed by atoms with Gasteiger partial charge in [0.1, 0.15) is 19.3 Å². The molecule has 0 saturated carbocycles. The second kappa shape index (κ2) is 59.4. The van der Waals surface area contributed by atoms with Gasteiger partial charge in [-0.25, -0.2) is 0 Å². The number of esters is 1. The number of hydrogen-bond donors (Lipinski definition) is 1. The van der Waals surface area contributed by atoms with E-state index in [-0.39, 0.29) is 24.9 Å². The van der Waals surface area contributed by atoms with Crippen LogP contribution in [0.1, 0.15) is 297 Å². The maximum Gasteiger partial charge on any atom is 0.306 e. The Bertz CT molecular complexity index is 1640. The highest BCUT2D eigenvalue weighted by Gasteiger charge is 2.27. The van der Waals surface area contributed by atoms with Crippen molar-refractivity contribution in [3.05, 3.63) is 85.1 Å². The molecule has 0 aliphatic heterocycles. The minimum absolute atomic E-state index is 0.0284. The smallest absolute Gasteiger partial charge is 0.306 e. The van der Waals surface area contributed by atoms with Gasteiger partial charge in [0.05, 0.1) is 33.8 Å². The molecular weight excluding hydrogens is 1010 g/mol. The van der Waals surface area contributed by atoms with Crippen molar-refractivity contribution < 1.29 is 37.3 Å². The van der Waals surface area contributed by atoms with E-state index < -0.39 is 26.6 Å². The Balaban J connectivity index is 5.20. The van der Waals surface area contributed by atoms with Gasteiger partial charge in [-0.2, -0.15) is 0 Å². The van der Waals surface area contributed by atoms with E-state index in [4.69, 9.17) is 13.8 Å². The van der Waals surface area contributed by atoms with Crippen molar-refractivity contribution >= 4 is 19.7 Å². The Morgan fingerprint density at radius 2 is 0.800 bits per heavy atom. The molecule has 464 valence electrons. The molecule has 3 atom stereocenters. The van der Waals surface area contributed by atoms with Crippen molar-refractivity contribution in [2.24, 2.45) is 0 Å². The van der Waals surface area contributed by atoms with Crippen LogP contribution in [0.2, 0.25) is 0 Å². The number of nitrogens with one attached hydrogen (secondary N) is 1. The molecule has 0 aliphatic rings. The average Bonchev–Trinajstić information content (AvgIpc) is 3.42. The number of likely N-dealkylation sites (N-methyl/N-ethyl adjacent to an activating group) is 1. The van der Waals surface area contributed by atoms with Gasteiger partial charge in [0.15, 0.2) is 0 Å². The van der Waals surface area contributed by atoms with Gasteiger partial charge in [-0.1, -0.05) is 267 Å². The molecular formula is C70H127N2O7P. The fraction of sp³-hybridized carbons (Fsp3) is 0.771. The van der Waals surface area contributed by atoms with E-state index in [0.29, 0.717) is 23.9 Å². The SMILES string of the molecule is CC/C=C\C/C=C\C/C=C\C/C=C\C/C=C\CCCCCCCC(=O)OC(/C=C/CCCCCCCCCCCC)C(COP(=O)([O-])OCC[N+](C)(C)C)NC(=O)CCCCCCCCCCCCC/C=C/CCCCCCCC. The van der Waals surface area contributed by atoms with Crippen LogP contribution in [0.5, 0.6) is 0 Å². The number of phosphoric ester groups is 1. The Labute approximate surface area is 495 Å². The molecule has 0 spiro atoms. The molecule has 0 rings (SSSR count). The molecule has 0 aromatic heterocycles. The van der Waals surface area contributed by atoms with Crippen molar-refractivity contribution in [1.29, 1.82) is 0 Å². The van der Waals surface area contributed by atoms with Crippen LogP contribution < -0.4 is 10.2 Å². The summed E-state index contributed by atoms with van der Waals surface area (Å²) in [7, 11) is 1.17. The van der Waals surface area contributed by atoms with Crippen LogP contribution in [0.15, 0.2) is 85.1 Å². The number of rotatable bonds is 60. The van der Waals surface area contributed by atoms with Gasteiger partial charge in [0.25, 0.3) is 7.82 Å². The lowest BCUT2D eigenvalue weighted by molar-refractivity contribution is -0.870. The van der Waals surface area contributed by atoms with Crippen molar-refractivity contribution in [2.75, 3.05) is 40.9 Å². The van der Waals surface area contributed by atoms with Crippen LogP contribution in [0.25, 0.3) is 0 Å². The quantitative estimate of drug-likeness (QED) is 0.0212. The minimum atomic E-state index is -4.71. The summed E-state index contributed by atoms with van der Waals surface area (Å²) in [5.41, 5.74) is 0. The third-order valence-electron chi connectivity index (χ3n) is 14.6. The molecule has 1 amide bonds. The normalized spacial score (nSPS) is 14.1. The molecule has 9 nitrogen and oxygen atoms in total. The fourth-order valence-corrected chi connectivity index (χ4v) is 10.1. The predicted octanol–water partition coefficient (Wildman–Crippen LogP) is 20.3. The van der Waals surface area contributed by atoms with Crippen LogP contribution in [-0.4, -0.2) is 69.4 Å². The van der Waals surface area contributed by atoms with E-state index in [1.807, 2.05) is 33.3 Å². The highest BCUT2D eigenvalue weighted by Crippen LogP contribution is 2.38. The number of hydrogen-bond acceptors (Lipinski definition) is 7. The molecule has 0 saturated heterocycles. The van der Waals surface area contributed by atoms with E-state index in [2.05, 4.69) is 99.0 Å². The summed E-state index contributed by atoms with van der Waals surface area (Å²) >= 11 is 0. The lowest BCUT2D eigenvalue weighted by Gasteiger charge is -2.30. The first-order valence-corrected chi connectivity index (χ1v) is 34.9. The first kappa shape index (κ1) is 77.2. The van der Waals surface area contributed by atoms with Crippen molar-refractivity contribution in [1.82, 2.24) is 5.32 Å². The summed E-state index contributed by atoms with van der Waals surface area (Å²) in [6.07, 6.45) is 78.4. The van der Waals surface area contributed by atoms with Gasteiger partial charge in [0, 0.05) is 12.8 Å². The highest BCUT2D eigenvalue weighted by molar-refractivity contribution is 7.45. The average molecular weight is 1140 g/mol. The summed E-state index contributed by atoms with van der Waals surface area (Å²) in [5, 5.41) is 3.03. The van der Waals surface area contributed by atoms with Gasteiger partial charge in [-0.15, -0.1) is 0 Å². The van der Waals surface area contributed by atoms with E-state index in [9.17, 15) is 19.0 Å². The molecule has 10 heteroatoms. The fourth-order valence-electron chi connectivity index (χ4n) is 9.43. The van der Waals surface area contributed by atoms with E-state index in [0.717, 1.165) is 103 Å². The van der Waals surface area contributed by atoms with Gasteiger partial charge >= 0.3 is 5.97 Å². The standard InChI is InChI=1S/C70H127N2O7P/c1-7-10-13-16-19-22-25-28-30-32-34-36-38-40-42-44-47-50-53-56-59-62-69(73)71-67(66-78-80(75,76)77-65-64-72(4,5)6)68(61-58-55-52-49-46-27-24-21-18-15-12-9-3)79-70(74)63-60-57-54-51-48-45-43-41-39-37-35-33-31-29-26-23-20-17-14-11-8-2/h11,14,20,23,28-31,35,37,41,43,58,61,67-68H,7-10,12-13,15-19,21-22,24-27,32-34,36,38-40,42,44-57,59-60,62-66H2,1-6H3,(H-,71,73,75,76)/b14-11-,23-20-,30-28+,31-29-,37-35-,43-41-,61-58+. The topological polar surface area (TPSA) is 114 Å². The zero-order chi connectivity index (χ0) is 58.6. The van der Waals surface area contributed by atoms with Gasteiger partial charge in [-0.3, -0.25) is 14.2 Å². The zero-order valence-corrected chi connectivity index (χ0v) is 53.9. The molecule has 0 aliphatic carbocycles. The van der Waals surface area contributed by atoms with E-state index >= 15 is 0 Å². The molecule has 0 aromatic carbocycles. The number of nitrogens with zero attached hydrogens (tertiary/aromatic N) is 1. The van der Waals surface area contributed by atoms with Gasteiger partial charge in [0.2, 0.25) is 5.91 Å². The molecule has 0 fully saturated rings. The summed E-state index contributed by atoms with van der Waals surface area (Å²) in [6.45, 7) is 6.73. The van der Waals surface area contributed by atoms with Crippen LogP contribution in [-0.2, 0) is 27.9 Å². The van der Waals surface area contributed by atoms with Crippen LogP contribution in [0, 0.1) is 0 Å². The molecule has 0 heterocycles. The third kappa shape index (κ3) is 59.8. The molecule has 1 N–H and O–H groups in total. The number of allylic oxidation sites excluding steroid dienone is 13. The Morgan fingerprint density at radius 3 is 1.21 bits per heavy atom. The number of carbonyl (C=O) groups excluding carboxylic acids is 2. The van der Waals surface area contributed by atoms with Crippen molar-refractivity contribution in [2.45, 2.75) is 309 Å². The summed E-state index contributed by atoms with van der Waals surface area (Å²) in [6, 6.07) is -0.901. The van der Waals surface area contributed by atoms with Gasteiger partial charge < -0.3 is 28.5 Å². The van der Waals surface area contributed by atoms with Crippen LogP contribution >= 0.6 is 7.82 Å². The predicted molar refractivity (Wildman–Crippen MR) is 344 cm³/mol. The Morgan fingerprint density at radius 1 is 0.450 bits per heavy atom. The Kier molecular flexibility index (Phi) is 57.3. The Hall–Kier alpha value is -2.81. The second-order valence-corrected chi connectivity index (χ2v) is 25.0. The number of unbranched alkanes of at least 4 members (excludes halogenated alkanes) is 32. The van der Waals surface area contributed by atoms with E-state index in [1.165, 1.54) is 154 Å². The maximum absolute atomic E-state index is 13.6. The third-order valence-corrected chi connectivity index (χ3v) is 15.5. The van der Waals surface area contributed by atoms with Gasteiger partial charge in [-0.05, 0) is 102 Å². The molecule has 0 radical (unpaired) electrons. The van der Waals surface area contributed by atoms with E-state index in [1.54, 1.807) is 0 Å². The summed E-state index contributed by atoms with van der Waals surface area (Å²) in [4.78, 5) is 40.1. The zero-order valence-electron chi connectivity index (χ0n) is 53.0. The number of ether oxygens (including phenoxy) is 1. The molecule has 3 unspecified atom stereocenters.